The number of hydrogen-bond donors (Lipinski definition) is 2. The number of rotatable bonds is 9. The van der Waals surface area contributed by atoms with E-state index in [0.29, 0.717) is 38.8 Å². The van der Waals surface area contributed by atoms with Crippen LogP contribution in [0.15, 0.2) is 63.4 Å². The van der Waals surface area contributed by atoms with Crippen LogP contribution in [0.5, 0.6) is 11.5 Å². The second-order valence-electron chi connectivity index (χ2n) is 6.17. The van der Waals surface area contributed by atoms with Gasteiger partial charge < -0.3 is 19.8 Å². The molecular weight excluding hydrogens is 458 g/mol. The molecule has 0 bridgehead atoms. The highest BCUT2D eigenvalue weighted by molar-refractivity contribution is 7.99. The molecule has 0 atom stereocenters. The average Bonchev–Trinajstić information content (AvgIpc) is 2.77. The van der Waals surface area contributed by atoms with Crippen LogP contribution >= 0.6 is 35.1 Å². The molecule has 10 heteroatoms. The predicted octanol–water partition coefficient (Wildman–Crippen LogP) is 4.46. The minimum atomic E-state index is -0.292. The van der Waals surface area contributed by atoms with Crippen molar-refractivity contribution in [3.05, 3.63) is 69.6 Å². The molecule has 0 aliphatic carbocycles. The molecule has 0 saturated heterocycles. The van der Waals surface area contributed by atoms with E-state index in [1.807, 2.05) is 30.3 Å². The molecule has 0 aliphatic heterocycles. The molecule has 0 fully saturated rings. The minimum Gasteiger partial charge on any atom is -0.495 e. The molecule has 2 N–H and O–H groups in total. The highest BCUT2D eigenvalue weighted by Gasteiger charge is 2.13. The van der Waals surface area contributed by atoms with Crippen LogP contribution in [0.1, 0.15) is 5.69 Å². The topological polar surface area (TPSA) is 93.3 Å². The first kappa shape index (κ1) is 23.1. The van der Waals surface area contributed by atoms with Crippen molar-refractivity contribution in [2.75, 3.05) is 25.3 Å². The van der Waals surface area contributed by atoms with Gasteiger partial charge in [-0.3, -0.25) is 9.59 Å². The van der Waals surface area contributed by atoms with Crippen LogP contribution in [-0.2, 0) is 10.5 Å². The third-order valence-electron chi connectivity index (χ3n) is 3.99. The lowest BCUT2D eigenvalue weighted by atomic mass is 10.2. The number of methoxy groups -OCH3 is 2. The smallest absolute Gasteiger partial charge is 0.251 e. The Morgan fingerprint density at radius 2 is 1.84 bits per heavy atom. The van der Waals surface area contributed by atoms with Gasteiger partial charge in [0.2, 0.25) is 5.91 Å². The summed E-state index contributed by atoms with van der Waals surface area (Å²) in [4.78, 5) is 32.6. The van der Waals surface area contributed by atoms with Gasteiger partial charge in [0.25, 0.3) is 5.56 Å². The van der Waals surface area contributed by atoms with Crippen molar-refractivity contribution in [3.63, 3.8) is 0 Å². The van der Waals surface area contributed by atoms with Crippen molar-refractivity contribution in [1.29, 1.82) is 0 Å². The molecule has 2 aromatic carbocycles. The Kier molecular flexibility index (Phi) is 8.27. The van der Waals surface area contributed by atoms with Crippen LogP contribution in [0.25, 0.3) is 0 Å². The molecule has 1 aromatic heterocycles. The number of hydrogen-bond acceptors (Lipinski definition) is 7. The van der Waals surface area contributed by atoms with Gasteiger partial charge in [0.1, 0.15) is 11.5 Å². The Balaban J connectivity index is 1.62. The van der Waals surface area contributed by atoms with E-state index < -0.39 is 0 Å². The van der Waals surface area contributed by atoms with Crippen molar-refractivity contribution in [2.45, 2.75) is 15.8 Å². The fourth-order valence-electron chi connectivity index (χ4n) is 2.58. The zero-order valence-electron chi connectivity index (χ0n) is 16.8. The number of amides is 1. The van der Waals surface area contributed by atoms with Crippen LogP contribution in [-0.4, -0.2) is 35.8 Å². The number of halogens is 1. The Labute approximate surface area is 192 Å². The average molecular weight is 478 g/mol. The first-order chi connectivity index (χ1) is 15.0. The Morgan fingerprint density at radius 1 is 1.10 bits per heavy atom. The van der Waals surface area contributed by atoms with Crippen molar-refractivity contribution >= 4 is 46.7 Å². The molecule has 1 amide bonds. The summed E-state index contributed by atoms with van der Waals surface area (Å²) in [6.45, 7) is 0. The van der Waals surface area contributed by atoms with Crippen molar-refractivity contribution in [3.8, 4) is 11.5 Å². The molecule has 0 spiro atoms. The number of nitrogens with one attached hydrogen (secondary N) is 2. The van der Waals surface area contributed by atoms with Gasteiger partial charge in [0.05, 0.1) is 36.4 Å². The summed E-state index contributed by atoms with van der Waals surface area (Å²) in [5.74, 6) is 1.14. The second kappa shape index (κ2) is 11.1. The van der Waals surface area contributed by atoms with Gasteiger partial charge in [-0.15, -0.1) is 11.8 Å². The normalized spacial score (nSPS) is 10.5. The number of carbonyl (C=O) groups excluding carboxylic acids is 1. The van der Waals surface area contributed by atoms with Gasteiger partial charge in [0.15, 0.2) is 5.16 Å². The van der Waals surface area contributed by atoms with Gasteiger partial charge in [0, 0.05) is 28.8 Å². The SMILES string of the molecule is COc1cc(NC(=O)CSc2nc(CSc3ccccc3)cc(=O)[nH]2)c(OC)cc1Cl. The molecular formula is C21H20ClN3O4S2. The molecule has 3 rings (SSSR count). The number of aromatic nitrogens is 2. The summed E-state index contributed by atoms with van der Waals surface area (Å²) in [7, 11) is 2.97. The maximum atomic E-state index is 12.4. The molecule has 162 valence electrons. The second-order valence-corrected chi connectivity index (χ2v) is 8.59. The third-order valence-corrected chi connectivity index (χ3v) is 6.21. The number of aromatic amines is 1. The van der Waals surface area contributed by atoms with Gasteiger partial charge in [-0.1, -0.05) is 41.6 Å². The first-order valence-corrected chi connectivity index (χ1v) is 11.5. The number of anilines is 1. The van der Waals surface area contributed by atoms with E-state index in [1.54, 1.807) is 23.9 Å². The summed E-state index contributed by atoms with van der Waals surface area (Å²) in [6.07, 6.45) is 0. The largest absolute Gasteiger partial charge is 0.495 e. The lowest BCUT2D eigenvalue weighted by molar-refractivity contribution is -0.113. The fourth-order valence-corrected chi connectivity index (χ4v) is 4.32. The molecule has 3 aromatic rings. The van der Waals surface area contributed by atoms with Gasteiger partial charge in [-0.05, 0) is 12.1 Å². The number of nitrogens with zero attached hydrogens (tertiary/aromatic N) is 1. The van der Waals surface area contributed by atoms with E-state index >= 15 is 0 Å². The van der Waals surface area contributed by atoms with E-state index in [2.05, 4.69) is 15.3 Å². The monoisotopic (exact) mass is 477 g/mol. The number of ether oxygens (including phenoxy) is 2. The number of thioether (sulfide) groups is 2. The van der Waals surface area contributed by atoms with E-state index in [0.717, 1.165) is 16.7 Å². The first-order valence-electron chi connectivity index (χ1n) is 9.10. The summed E-state index contributed by atoms with van der Waals surface area (Å²) in [5.41, 5.74) is 0.819. The Bertz CT molecular complexity index is 1110. The van der Waals surface area contributed by atoms with Crippen LogP contribution < -0.4 is 20.3 Å². The van der Waals surface area contributed by atoms with Crippen LogP contribution in [0.3, 0.4) is 0 Å². The van der Waals surface area contributed by atoms with Crippen LogP contribution in [0.2, 0.25) is 5.02 Å². The molecule has 0 saturated carbocycles. The van der Waals surface area contributed by atoms with Crippen LogP contribution in [0.4, 0.5) is 5.69 Å². The van der Waals surface area contributed by atoms with Gasteiger partial charge in [-0.2, -0.15) is 0 Å². The molecule has 0 unspecified atom stereocenters. The number of H-pyrrole nitrogens is 1. The summed E-state index contributed by atoms with van der Waals surface area (Å²) < 4.78 is 10.4. The number of benzene rings is 2. The van der Waals surface area contributed by atoms with E-state index in [4.69, 9.17) is 21.1 Å². The van der Waals surface area contributed by atoms with Gasteiger partial charge >= 0.3 is 0 Å². The quantitative estimate of drug-likeness (QED) is 0.347. The van der Waals surface area contributed by atoms with E-state index in [9.17, 15) is 9.59 Å². The Morgan fingerprint density at radius 3 is 2.55 bits per heavy atom. The zero-order chi connectivity index (χ0) is 22.2. The summed E-state index contributed by atoms with van der Waals surface area (Å²) in [6, 6.07) is 14.5. The summed E-state index contributed by atoms with van der Waals surface area (Å²) >= 11 is 8.81. The van der Waals surface area contributed by atoms with Crippen molar-refractivity contribution < 1.29 is 14.3 Å². The molecule has 31 heavy (non-hydrogen) atoms. The van der Waals surface area contributed by atoms with Crippen molar-refractivity contribution in [2.24, 2.45) is 0 Å². The lowest BCUT2D eigenvalue weighted by Gasteiger charge is -2.13. The predicted molar refractivity (Wildman–Crippen MR) is 125 cm³/mol. The Hall–Kier alpha value is -2.62. The molecule has 0 radical (unpaired) electrons. The maximum absolute atomic E-state index is 12.4. The van der Waals surface area contributed by atoms with Gasteiger partial charge in [-0.25, -0.2) is 4.98 Å². The highest BCUT2D eigenvalue weighted by atomic mass is 35.5. The summed E-state index contributed by atoms with van der Waals surface area (Å²) in [5, 5.41) is 3.52. The molecule has 1 heterocycles. The van der Waals surface area contributed by atoms with E-state index in [-0.39, 0.29) is 17.2 Å². The molecule has 0 aliphatic rings. The molecule has 7 nitrogen and oxygen atoms in total. The highest BCUT2D eigenvalue weighted by Crippen LogP contribution is 2.36. The number of carbonyl (C=O) groups is 1. The lowest BCUT2D eigenvalue weighted by Crippen LogP contribution is -2.16. The maximum Gasteiger partial charge on any atom is 0.251 e. The minimum absolute atomic E-state index is 0.0479. The standard InChI is InChI=1S/C21H20ClN3O4S2/c1-28-17-10-16(18(29-2)9-15(17)22)24-20(27)12-31-21-23-13(8-19(26)25-21)11-30-14-6-4-3-5-7-14/h3-10H,11-12H2,1-2H3,(H,24,27)(H,23,25,26). The zero-order valence-corrected chi connectivity index (χ0v) is 19.2. The van der Waals surface area contributed by atoms with E-state index in [1.165, 1.54) is 20.3 Å². The van der Waals surface area contributed by atoms with Crippen LogP contribution in [0, 0.1) is 0 Å². The van der Waals surface area contributed by atoms with Crippen molar-refractivity contribution in [1.82, 2.24) is 9.97 Å². The third kappa shape index (κ3) is 6.68. The fraction of sp³-hybridized carbons (Fsp3) is 0.190.